The van der Waals surface area contributed by atoms with E-state index in [0.717, 1.165) is 9.26 Å². The zero-order chi connectivity index (χ0) is 15.8. The maximum Gasteiger partial charge on any atom is 0.264 e. The van der Waals surface area contributed by atoms with Crippen molar-refractivity contribution in [2.24, 2.45) is 0 Å². The van der Waals surface area contributed by atoms with Gasteiger partial charge in [0.05, 0.1) is 12.5 Å². The summed E-state index contributed by atoms with van der Waals surface area (Å²) in [6.45, 7) is 0.301. The first-order chi connectivity index (χ1) is 10.7. The predicted octanol–water partition coefficient (Wildman–Crippen LogP) is 3.62. The normalized spacial score (nSPS) is 9.82. The Labute approximate surface area is 143 Å². The lowest BCUT2D eigenvalue weighted by atomic mass is 10.2. The third-order valence-electron chi connectivity index (χ3n) is 2.97. The Kier molecular flexibility index (Phi) is 6.22. The van der Waals surface area contributed by atoms with Crippen molar-refractivity contribution in [3.05, 3.63) is 58.2 Å². The van der Waals surface area contributed by atoms with Gasteiger partial charge >= 0.3 is 0 Å². The predicted molar refractivity (Wildman–Crippen MR) is 93.7 cm³/mol. The van der Waals surface area contributed by atoms with Crippen LogP contribution in [0.25, 0.3) is 0 Å². The van der Waals surface area contributed by atoms with E-state index in [-0.39, 0.29) is 18.9 Å². The minimum absolute atomic E-state index is 0.0551. The number of nitriles is 1. The molecule has 0 aliphatic rings. The van der Waals surface area contributed by atoms with Crippen LogP contribution in [0.15, 0.2) is 54.6 Å². The van der Waals surface area contributed by atoms with Crippen LogP contribution in [0.3, 0.4) is 0 Å². The number of anilines is 1. The molecular weight excluding hydrogens is 391 g/mol. The number of rotatable bonds is 6. The summed E-state index contributed by atoms with van der Waals surface area (Å²) in [7, 11) is 0. The largest absolute Gasteiger partial charge is 0.484 e. The van der Waals surface area contributed by atoms with Crippen LogP contribution in [-0.4, -0.2) is 19.1 Å². The molecule has 0 aromatic heterocycles. The van der Waals surface area contributed by atoms with Crippen molar-refractivity contribution in [2.45, 2.75) is 6.42 Å². The highest BCUT2D eigenvalue weighted by molar-refractivity contribution is 14.1. The van der Waals surface area contributed by atoms with E-state index in [1.165, 1.54) is 0 Å². The Morgan fingerprint density at radius 3 is 2.64 bits per heavy atom. The lowest BCUT2D eigenvalue weighted by molar-refractivity contribution is -0.120. The second-order valence-electron chi connectivity index (χ2n) is 4.54. The van der Waals surface area contributed by atoms with Crippen molar-refractivity contribution < 1.29 is 9.53 Å². The number of amides is 1. The summed E-state index contributed by atoms with van der Waals surface area (Å²) in [6.07, 6.45) is 0.282. The van der Waals surface area contributed by atoms with Crippen LogP contribution in [-0.2, 0) is 4.79 Å². The highest BCUT2D eigenvalue weighted by atomic mass is 127. The lowest BCUT2D eigenvalue weighted by Crippen LogP contribution is -2.35. The van der Waals surface area contributed by atoms with E-state index in [1.54, 1.807) is 4.90 Å². The van der Waals surface area contributed by atoms with Gasteiger partial charge in [0, 0.05) is 15.8 Å². The van der Waals surface area contributed by atoms with Crippen molar-refractivity contribution in [2.75, 3.05) is 18.1 Å². The first kappa shape index (κ1) is 16.3. The first-order valence-electron chi connectivity index (χ1n) is 6.81. The van der Waals surface area contributed by atoms with E-state index in [2.05, 4.69) is 28.7 Å². The summed E-state index contributed by atoms with van der Waals surface area (Å²) in [5.41, 5.74) is 0.772. The highest BCUT2D eigenvalue weighted by Gasteiger charge is 2.15. The minimum atomic E-state index is -0.166. The van der Waals surface area contributed by atoms with E-state index in [4.69, 9.17) is 10.00 Å². The molecule has 0 radical (unpaired) electrons. The van der Waals surface area contributed by atoms with Crippen LogP contribution in [0.1, 0.15) is 6.42 Å². The highest BCUT2D eigenvalue weighted by Crippen LogP contribution is 2.17. The maximum atomic E-state index is 12.4. The molecule has 2 rings (SSSR count). The number of nitrogens with zero attached hydrogens (tertiary/aromatic N) is 2. The first-order valence-corrected chi connectivity index (χ1v) is 7.89. The summed E-state index contributed by atoms with van der Waals surface area (Å²) in [5.74, 6) is 0.494. The molecule has 2 aromatic carbocycles. The fourth-order valence-electron chi connectivity index (χ4n) is 1.95. The second-order valence-corrected chi connectivity index (χ2v) is 5.78. The third-order valence-corrected chi connectivity index (χ3v) is 3.65. The summed E-state index contributed by atoms with van der Waals surface area (Å²) in [4.78, 5) is 14.0. The molecule has 0 fully saturated rings. The number of para-hydroxylation sites is 1. The van der Waals surface area contributed by atoms with Crippen LogP contribution >= 0.6 is 22.6 Å². The Morgan fingerprint density at radius 2 is 1.95 bits per heavy atom. The number of halogens is 1. The quantitative estimate of drug-likeness (QED) is 0.689. The zero-order valence-electron chi connectivity index (χ0n) is 11.9. The van der Waals surface area contributed by atoms with Gasteiger partial charge in [-0.15, -0.1) is 0 Å². The molecule has 2 aromatic rings. The van der Waals surface area contributed by atoms with Gasteiger partial charge in [0.25, 0.3) is 5.91 Å². The number of ether oxygens (including phenoxy) is 1. The average Bonchev–Trinajstić information content (AvgIpc) is 2.54. The van der Waals surface area contributed by atoms with Gasteiger partial charge in [0.2, 0.25) is 0 Å². The smallest absolute Gasteiger partial charge is 0.264 e. The molecule has 0 atom stereocenters. The molecule has 4 nitrogen and oxygen atoms in total. The maximum absolute atomic E-state index is 12.4. The van der Waals surface area contributed by atoms with E-state index >= 15 is 0 Å². The minimum Gasteiger partial charge on any atom is -0.484 e. The Bertz CT molecular complexity index is 668. The summed E-state index contributed by atoms with van der Waals surface area (Å²) in [6, 6.07) is 18.9. The molecule has 0 saturated carbocycles. The van der Waals surface area contributed by atoms with Gasteiger partial charge in [0.1, 0.15) is 5.75 Å². The molecule has 1 amide bonds. The van der Waals surface area contributed by atoms with Gasteiger partial charge in [0.15, 0.2) is 6.61 Å². The van der Waals surface area contributed by atoms with Gasteiger partial charge in [-0.3, -0.25) is 4.79 Å². The number of carbonyl (C=O) groups is 1. The van der Waals surface area contributed by atoms with Crippen molar-refractivity contribution in [1.82, 2.24) is 0 Å². The van der Waals surface area contributed by atoms with Gasteiger partial charge < -0.3 is 9.64 Å². The summed E-state index contributed by atoms with van der Waals surface area (Å²) in [5, 5.41) is 8.76. The number of hydrogen-bond donors (Lipinski definition) is 0. The fraction of sp³-hybridized carbons (Fsp3) is 0.176. The van der Waals surface area contributed by atoms with Gasteiger partial charge in [-0.25, -0.2) is 0 Å². The fourth-order valence-corrected chi connectivity index (χ4v) is 2.46. The summed E-state index contributed by atoms with van der Waals surface area (Å²) < 4.78 is 6.60. The molecule has 0 aliphatic carbocycles. The van der Waals surface area contributed by atoms with Crippen LogP contribution in [0.5, 0.6) is 5.75 Å². The van der Waals surface area contributed by atoms with Gasteiger partial charge in [-0.2, -0.15) is 5.26 Å². The average molecular weight is 406 g/mol. The van der Waals surface area contributed by atoms with Crippen LogP contribution in [0.2, 0.25) is 0 Å². The SMILES string of the molecule is N#CCCN(C(=O)COc1cccc(I)c1)c1ccccc1. The Morgan fingerprint density at radius 1 is 1.18 bits per heavy atom. The number of carbonyl (C=O) groups excluding carboxylic acids is 1. The van der Waals surface area contributed by atoms with Crippen molar-refractivity contribution in [3.63, 3.8) is 0 Å². The lowest BCUT2D eigenvalue weighted by Gasteiger charge is -2.21. The van der Waals surface area contributed by atoms with Crippen LogP contribution in [0.4, 0.5) is 5.69 Å². The van der Waals surface area contributed by atoms with Crippen LogP contribution in [0, 0.1) is 14.9 Å². The van der Waals surface area contributed by atoms with E-state index in [1.807, 2.05) is 54.6 Å². The second kappa shape index (κ2) is 8.39. The molecule has 0 spiro atoms. The van der Waals surface area contributed by atoms with Gasteiger partial charge in [-0.05, 0) is 52.9 Å². The Balaban J connectivity index is 2.04. The van der Waals surface area contributed by atoms with Crippen molar-refractivity contribution in [1.29, 1.82) is 5.26 Å². The summed E-state index contributed by atoms with van der Waals surface area (Å²) >= 11 is 2.19. The Hall–Kier alpha value is -2.07. The standard InChI is InChI=1S/C17H15IN2O2/c18-14-6-4-9-16(12-14)22-13-17(21)20(11-5-10-19)15-7-2-1-3-8-15/h1-4,6-9,12H,5,11,13H2. The zero-order valence-corrected chi connectivity index (χ0v) is 14.1. The molecule has 22 heavy (non-hydrogen) atoms. The molecule has 0 bridgehead atoms. The number of hydrogen-bond acceptors (Lipinski definition) is 3. The van der Waals surface area contributed by atoms with Crippen LogP contribution < -0.4 is 9.64 Å². The molecule has 5 heteroatoms. The topological polar surface area (TPSA) is 53.3 Å². The molecule has 0 aliphatic heterocycles. The molecule has 0 saturated heterocycles. The molecule has 0 N–H and O–H groups in total. The third kappa shape index (κ3) is 4.74. The van der Waals surface area contributed by atoms with E-state index in [9.17, 15) is 4.79 Å². The van der Waals surface area contributed by atoms with E-state index < -0.39 is 0 Å². The monoisotopic (exact) mass is 406 g/mol. The molecule has 0 heterocycles. The van der Waals surface area contributed by atoms with Crippen molar-refractivity contribution >= 4 is 34.2 Å². The van der Waals surface area contributed by atoms with Crippen molar-refractivity contribution in [3.8, 4) is 11.8 Å². The molecule has 0 unspecified atom stereocenters. The van der Waals surface area contributed by atoms with Gasteiger partial charge in [-0.1, -0.05) is 24.3 Å². The van der Waals surface area contributed by atoms with E-state index in [0.29, 0.717) is 12.3 Å². The molecule has 112 valence electrons. The number of benzene rings is 2. The molecular formula is C17H15IN2O2.